The Hall–Kier alpha value is -0.346. The normalized spacial score (nSPS) is 9.50. The average Bonchev–Trinajstić information content (AvgIpc) is 1.81. The van der Waals surface area contributed by atoms with E-state index in [-0.39, 0.29) is 0 Å². The third-order valence-corrected chi connectivity index (χ3v) is 2.03. The number of hydrogen-bond donors (Lipinski definition) is 0. The highest BCUT2D eigenvalue weighted by atomic mass is 28.2. The molecule has 0 aromatic heterocycles. The molecule has 0 N–H and O–H groups in total. The van der Waals surface area contributed by atoms with Crippen molar-refractivity contribution in [3.8, 4) is 0 Å². The van der Waals surface area contributed by atoms with Crippen LogP contribution in [0.5, 0.6) is 0 Å². The van der Waals surface area contributed by atoms with Gasteiger partial charge in [0.15, 0.2) is 0 Å². The van der Waals surface area contributed by atoms with Crippen molar-refractivity contribution >= 4 is 19.0 Å². The van der Waals surface area contributed by atoms with Crippen LogP contribution in [0, 0.1) is 0 Å². The summed E-state index contributed by atoms with van der Waals surface area (Å²) in [5.74, 6) is 0. The van der Waals surface area contributed by atoms with E-state index in [0.29, 0.717) is 0 Å². The van der Waals surface area contributed by atoms with Crippen molar-refractivity contribution in [3.63, 3.8) is 0 Å². The Balaban J connectivity index is 3.06. The third-order valence-electron chi connectivity index (χ3n) is 0.511. The molecule has 2 heteroatoms. The fourth-order valence-corrected chi connectivity index (χ4v) is 1.27. The monoisotopic (exact) mass is 136 g/mol. The lowest BCUT2D eigenvalue weighted by atomic mass is 11.2. The van der Waals surface area contributed by atoms with Gasteiger partial charge in [0.05, 0.1) is 19.0 Å². The Morgan fingerprint density at radius 2 is 1.25 bits per heavy atom. The van der Waals surface area contributed by atoms with Crippen LogP contribution < -0.4 is 0 Å². The van der Waals surface area contributed by atoms with Crippen LogP contribution in [-0.2, 0) is 0 Å². The highest BCUT2D eigenvalue weighted by molar-refractivity contribution is 6.54. The molecule has 0 saturated heterocycles. The molecule has 0 amide bonds. The summed E-state index contributed by atoms with van der Waals surface area (Å²) in [7, 11) is 1.53. The van der Waals surface area contributed by atoms with Gasteiger partial charge in [-0.25, -0.2) is 0 Å². The molecule has 0 fully saturated rings. The van der Waals surface area contributed by atoms with Crippen molar-refractivity contribution < 1.29 is 0 Å². The lowest BCUT2D eigenvalue weighted by Gasteiger charge is -1.73. The Labute approximate surface area is 55.6 Å². The maximum Gasteiger partial charge on any atom is 0.0996 e. The molecule has 0 aliphatic heterocycles. The molecule has 0 aliphatic rings. The molecule has 8 heavy (non-hydrogen) atoms. The first-order chi connectivity index (χ1) is 3.91. The molecule has 0 saturated carbocycles. The van der Waals surface area contributed by atoms with E-state index >= 15 is 0 Å². The largest absolute Gasteiger partial charge is 0.107 e. The topological polar surface area (TPSA) is 0 Å². The van der Waals surface area contributed by atoms with E-state index < -0.39 is 0 Å². The predicted octanol–water partition coefficient (Wildman–Crippen LogP) is 1.15. The Bertz CT molecular complexity index is 82.7. The zero-order chi connectivity index (χ0) is 6.24. The molecule has 0 aliphatic carbocycles. The zero-order valence-corrected chi connectivity index (χ0v) is 6.72. The number of hydrogen-bond acceptors (Lipinski definition) is 0. The van der Waals surface area contributed by atoms with Crippen LogP contribution in [-0.4, -0.2) is 19.0 Å². The second kappa shape index (κ2) is 6.65. The molecular weight excluding hydrogens is 128 g/mol. The van der Waals surface area contributed by atoms with E-state index in [4.69, 9.17) is 0 Å². The van der Waals surface area contributed by atoms with Crippen molar-refractivity contribution in [1.82, 2.24) is 0 Å². The van der Waals surface area contributed by atoms with Gasteiger partial charge in [-0.1, -0.05) is 0 Å². The van der Waals surface area contributed by atoms with E-state index in [9.17, 15) is 0 Å². The summed E-state index contributed by atoms with van der Waals surface area (Å²) in [6.07, 6.45) is 0. The van der Waals surface area contributed by atoms with Crippen molar-refractivity contribution in [1.29, 1.82) is 0 Å². The van der Waals surface area contributed by atoms with Gasteiger partial charge in [-0.05, 0) is 0 Å². The van der Waals surface area contributed by atoms with Crippen LogP contribution in [0.1, 0.15) is 0 Å². The van der Waals surface area contributed by atoms with Gasteiger partial charge in [-0.2, -0.15) is 0 Å². The van der Waals surface area contributed by atoms with Gasteiger partial charge in [0.25, 0.3) is 0 Å². The van der Waals surface area contributed by atoms with Gasteiger partial charge in [-0.3, -0.25) is 0 Å². The molecule has 40 valence electrons. The minimum absolute atomic E-state index is 0.767. The molecule has 0 unspecified atom stereocenters. The lowest BCUT2D eigenvalue weighted by molar-refractivity contribution is 2.33. The van der Waals surface area contributed by atoms with E-state index in [0.717, 1.165) is 19.0 Å². The van der Waals surface area contributed by atoms with E-state index in [1.165, 1.54) is 0 Å². The van der Waals surface area contributed by atoms with Gasteiger partial charge >= 0.3 is 0 Å². The minimum atomic E-state index is 0.767. The first-order valence-electron chi connectivity index (χ1n) is 2.30. The molecule has 4 radical (unpaired) electrons. The predicted molar refractivity (Wildman–Crippen MR) is 41.0 cm³/mol. The highest BCUT2D eigenvalue weighted by Crippen LogP contribution is 1.68. The quantitative estimate of drug-likeness (QED) is 0.509. The van der Waals surface area contributed by atoms with Crippen LogP contribution in [0.25, 0.3) is 0 Å². The smallest absolute Gasteiger partial charge is 0.0996 e. The Kier molecular flexibility index (Phi) is 6.37. The van der Waals surface area contributed by atoms with E-state index in [2.05, 4.69) is 24.6 Å². The van der Waals surface area contributed by atoms with Crippen LogP contribution in [0.2, 0.25) is 0 Å². The maximum absolute atomic E-state index is 3.60. The Morgan fingerprint density at radius 1 is 0.875 bits per heavy atom. The average molecular weight is 136 g/mol. The summed E-state index contributed by atoms with van der Waals surface area (Å²) >= 11 is 0. The van der Waals surface area contributed by atoms with E-state index in [1.807, 2.05) is 11.4 Å². The lowest BCUT2D eigenvalue weighted by Crippen LogP contribution is -1.78. The third kappa shape index (κ3) is 5.65. The summed E-state index contributed by atoms with van der Waals surface area (Å²) in [5.41, 5.74) is 8.05. The molecule has 0 spiro atoms. The van der Waals surface area contributed by atoms with Gasteiger partial charge in [-0.15, -0.1) is 36.0 Å². The van der Waals surface area contributed by atoms with Gasteiger partial charge in [0, 0.05) is 0 Å². The summed E-state index contributed by atoms with van der Waals surface area (Å²) in [4.78, 5) is 0. The van der Waals surface area contributed by atoms with Crippen molar-refractivity contribution in [2.45, 2.75) is 0 Å². The fourth-order valence-electron chi connectivity index (χ4n) is 0.232. The van der Waals surface area contributed by atoms with Crippen LogP contribution in [0.15, 0.2) is 36.0 Å². The molecule has 0 aromatic carbocycles. The maximum atomic E-state index is 3.60. The first kappa shape index (κ1) is 7.65. The summed E-state index contributed by atoms with van der Waals surface area (Å²) in [6.45, 7) is 7.19. The zero-order valence-electron chi connectivity index (χ0n) is 4.72. The minimum Gasteiger partial charge on any atom is -0.107 e. The van der Waals surface area contributed by atoms with Crippen molar-refractivity contribution in [3.05, 3.63) is 36.0 Å². The van der Waals surface area contributed by atoms with E-state index in [1.54, 1.807) is 0 Å². The van der Waals surface area contributed by atoms with Crippen LogP contribution in [0.3, 0.4) is 0 Å². The summed E-state index contributed by atoms with van der Waals surface area (Å²) < 4.78 is 0. The van der Waals surface area contributed by atoms with Crippen LogP contribution >= 0.6 is 0 Å². The van der Waals surface area contributed by atoms with Crippen molar-refractivity contribution in [2.24, 2.45) is 0 Å². The highest BCUT2D eigenvalue weighted by Gasteiger charge is 1.69. The molecule has 0 nitrogen and oxygen atoms in total. The van der Waals surface area contributed by atoms with Gasteiger partial charge in [0.1, 0.15) is 0 Å². The molecule has 0 bridgehead atoms. The Morgan fingerprint density at radius 3 is 1.50 bits per heavy atom. The molecule has 0 atom stereocenters. The standard InChI is InChI=1S/C6H8Si2/c1-3-7-5-6-8-4-2/h3-6H,1-2H2. The second-order valence-corrected chi connectivity index (χ2v) is 3.22. The first-order valence-corrected chi connectivity index (χ1v) is 4.61. The molecule has 0 heterocycles. The SMILES string of the molecule is C=C[Si]C=C[Si]C=C. The van der Waals surface area contributed by atoms with Gasteiger partial charge < -0.3 is 0 Å². The molecule has 0 rings (SSSR count). The van der Waals surface area contributed by atoms with Crippen LogP contribution in [0.4, 0.5) is 0 Å². The van der Waals surface area contributed by atoms with Crippen molar-refractivity contribution in [2.75, 3.05) is 0 Å². The molecule has 0 aromatic rings. The molecular formula is C6H8Si2. The number of rotatable bonds is 4. The second-order valence-electron chi connectivity index (χ2n) is 1.07. The van der Waals surface area contributed by atoms with Gasteiger partial charge in [0.2, 0.25) is 0 Å². The summed E-state index contributed by atoms with van der Waals surface area (Å²) in [6, 6.07) is 0. The summed E-state index contributed by atoms with van der Waals surface area (Å²) in [5, 5.41) is 0. The fraction of sp³-hybridized carbons (Fsp3) is 0.